The molecule has 1 aliphatic rings. The third-order valence-electron chi connectivity index (χ3n) is 5.18. The molecule has 8 nitrogen and oxygen atoms in total. The van der Waals surface area contributed by atoms with Crippen LogP contribution in [0.5, 0.6) is 5.75 Å². The van der Waals surface area contributed by atoms with Crippen LogP contribution >= 0.6 is 0 Å². The molecule has 0 radical (unpaired) electrons. The van der Waals surface area contributed by atoms with E-state index in [1.807, 2.05) is 43.5 Å². The van der Waals surface area contributed by atoms with Gasteiger partial charge in [0, 0.05) is 17.6 Å². The van der Waals surface area contributed by atoms with Gasteiger partial charge in [0.15, 0.2) is 0 Å². The molecule has 1 aromatic carbocycles. The maximum Gasteiger partial charge on any atom is 0.335 e. The molecule has 1 N–H and O–H groups in total. The number of barbiturate groups is 1. The molecule has 2 aromatic heterocycles. The maximum atomic E-state index is 13.2. The second-order valence-corrected chi connectivity index (χ2v) is 7.26. The molecular formula is C24H22N4O4. The number of imide groups is 2. The van der Waals surface area contributed by atoms with Crippen LogP contribution in [-0.4, -0.2) is 34.0 Å². The van der Waals surface area contributed by atoms with Crippen molar-refractivity contribution in [2.24, 2.45) is 0 Å². The first-order valence-corrected chi connectivity index (χ1v) is 10.1. The lowest BCUT2D eigenvalue weighted by atomic mass is 10.1. The van der Waals surface area contributed by atoms with E-state index in [4.69, 9.17) is 4.74 Å². The lowest BCUT2D eigenvalue weighted by Crippen LogP contribution is -2.54. The van der Waals surface area contributed by atoms with Crippen LogP contribution in [0.25, 0.3) is 11.8 Å². The average Bonchev–Trinajstić information content (AvgIpc) is 3.06. The van der Waals surface area contributed by atoms with Gasteiger partial charge in [-0.3, -0.25) is 19.9 Å². The van der Waals surface area contributed by atoms with Gasteiger partial charge in [-0.1, -0.05) is 0 Å². The zero-order valence-electron chi connectivity index (χ0n) is 18.0. The number of hydrogen-bond acceptors (Lipinski definition) is 5. The molecule has 0 aliphatic carbocycles. The minimum absolute atomic E-state index is 0.120. The highest BCUT2D eigenvalue weighted by atomic mass is 16.5. The Labute approximate surface area is 185 Å². The third kappa shape index (κ3) is 3.78. The van der Waals surface area contributed by atoms with E-state index >= 15 is 0 Å². The fraction of sp³-hybridized carbons (Fsp3) is 0.167. The van der Waals surface area contributed by atoms with Gasteiger partial charge in [0.25, 0.3) is 11.8 Å². The predicted octanol–water partition coefficient (Wildman–Crippen LogP) is 3.55. The monoisotopic (exact) mass is 430 g/mol. The number of aryl methyl sites for hydroxylation is 1. The van der Waals surface area contributed by atoms with Crippen LogP contribution in [0.1, 0.15) is 23.9 Å². The zero-order valence-corrected chi connectivity index (χ0v) is 18.0. The molecule has 162 valence electrons. The van der Waals surface area contributed by atoms with E-state index in [2.05, 4.69) is 10.3 Å². The molecule has 0 saturated carbocycles. The maximum absolute atomic E-state index is 13.2. The molecule has 4 rings (SSSR count). The normalized spacial score (nSPS) is 15.3. The minimum Gasteiger partial charge on any atom is -0.494 e. The van der Waals surface area contributed by atoms with Crippen LogP contribution in [-0.2, 0) is 9.59 Å². The number of amides is 4. The van der Waals surface area contributed by atoms with E-state index in [1.54, 1.807) is 36.7 Å². The molecule has 8 heteroatoms. The molecule has 32 heavy (non-hydrogen) atoms. The van der Waals surface area contributed by atoms with Gasteiger partial charge in [0.05, 0.1) is 24.2 Å². The van der Waals surface area contributed by atoms with Crippen molar-refractivity contribution in [1.82, 2.24) is 14.9 Å². The van der Waals surface area contributed by atoms with Gasteiger partial charge >= 0.3 is 6.03 Å². The van der Waals surface area contributed by atoms with Gasteiger partial charge in [-0.05, 0) is 74.9 Å². The summed E-state index contributed by atoms with van der Waals surface area (Å²) < 4.78 is 7.39. The lowest BCUT2D eigenvalue weighted by Gasteiger charge is -2.26. The number of benzene rings is 1. The fourth-order valence-corrected chi connectivity index (χ4v) is 3.72. The van der Waals surface area contributed by atoms with Gasteiger partial charge < -0.3 is 9.30 Å². The number of rotatable bonds is 5. The number of nitrogens with one attached hydrogen (secondary N) is 1. The van der Waals surface area contributed by atoms with Gasteiger partial charge in [-0.25, -0.2) is 9.69 Å². The van der Waals surface area contributed by atoms with Crippen LogP contribution in [0.3, 0.4) is 0 Å². The summed E-state index contributed by atoms with van der Waals surface area (Å²) in [6, 6.07) is 11.4. The van der Waals surface area contributed by atoms with Crippen molar-refractivity contribution in [2.45, 2.75) is 20.8 Å². The van der Waals surface area contributed by atoms with Crippen molar-refractivity contribution in [3.8, 4) is 11.4 Å². The number of hydrogen-bond donors (Lipinski definition) is 1. The Morgan fingerprint density at radius 1 is 1.06 bits per heavy atom. The molecule has 3 aromatic rings. The number of urea groups is 1. The molecule has 1 fully saturated rings. The summed E-state index contributed by atoms with van der Waals surface area (Å²) in [4.78, 5) is 43.2. The number of ether oxygens (including phenoxy) is 1. The molecule has 1 aliphatic heterocycles. The van der Waals surface area contributed by atoms with Crippen molar-refractivity contribution in [1.29, 1.82) is 0 Å². The second-order valence-electron chi connectivity index (χ2n) is 7.26. The Morgan fingerprint density at radius 2 is 1.81 bits per heavy atom. The standard InChI is InChI=1S/C24H22N4O4/c1-4-32-20-9-7-18(8-10-20)28-23(30)21(22(29)26-24(28)31)13-17-12-15(2)27(16(17)3)19-6-5-11-25-14-19/h5-14H,4H2,1-3H3,(H,26,29,31). The first-order chi connectivity index (χ1) is 15.4. The predicted molar refractivity (Wildman–Crippen MR) is 120 cm³/mol. The second kappa shape index (κ2) is 8.50. The van der Waals surface area contributed by atoms with Crippen LogP contribution < -0.4 is 15.0 Å². The summed E-state index contributed by atoms with van der Waals surface area (Å²) in [6.45, 7) is 6.19. The number of aromatic nitrogens is 2. The molecule has 1 saturated heterocycles. The first kappa shape index (κ1) is 21.0. The van der Waals surface area contributed by atoms with E-state index in [1.165, 1.54) is 6.08 Å². The zero-order chi connectivity index (χ0) is 22.8. The fourth-order valence-electron chi connectivity index (χ4n) is 3.72. The SMILES string of the molecule is CCOc1ccc(N2C(=O)NC(=O)C(=Cc3cc(C)n(-c4cccnc4)c3C)C2=O)cc1. The largest absolute Gasteiger partial charge is 0.494 e. The van der Waals surface area contributed by atoms with Gasteiger partial charge in [0.2, 0.25) is 0 Å². The van der Waals surface area contributed by atoms with Gasteiger partial charge in [-0.2, -0.15) is 0 Å². The highest BCUT2D eigenvalue weighted by molar-refractivity contribution is 6.39. The van der Waals surface area contributed by atoms with Crippen molar-refractivity contribution < 1.29 is 19.1 Å². The molecule has 0 atom stereocenters. The smallest absolute Gasteiger partial charge is 0.335 e. The summed E-state index contributed by atoms with van der Waals surface area (Å²) in [5, 5.41) is 2.25. The topological polar surface area (TPSA) is 93.5 Å². The number of carbonyl (C=O) groups excluding carboxylic acids is 3. The summed E-state index contributed by atoms with van der Waals surface area (Å²) in [6.07, 6.45) is 4.95. The number of carbonyl (C=O) groups is 3. The van der Waals surface area contributed by atoms with E-state index < -0.39 is 17.8 Å². The van der Waals surface area contributed by atoms with E-state index in [0.717, 1.165) is 22.0 Å². The molecule has 0 unspecified atom stereocenters. The lowest BCUT2D eigenvalue weighted by molar-refractivity contribution is -0.122. The Kier molecular flexibility index (Phi) is 5.59. The molecule has 0 spiro atoms. The number of anilines is 1. The van der Waals surface area contributed by atoms with Gasteiger partial charge in [0.1, 0.15) is 11.3 Å². The summed E-state index contributed by atoms with van der Waals surface area (Å²) in [7, 11) is 0. The van der Waals surface area contributed by atoms with E-state index in [0.29, 0.717) is 23.6 Å². The average molecular weight is 430 g/mol. The third-order valence-corrected chi connectivity index (χ3v) is 5.18. The highest BCUT2D eigenvalue weighted by Crippen LogP contribution is 2.26. The number of pyridine rings is 1. The van der Waals surface area contributed by atoms with Crippen LogP contribution in [0.4, 0.5) is 10.5 Å². The van der Waals surface area contributed by atoms with Crippen LogP contribution in [0, 0.1) is 13.8 Å². The summed E-state index contributed by atoms with van der Waals surface area (Å²) >= 11 is 0. The molecule has 4 amide bonds. The van der Waals surface area contributed by atoms with Crippen molar-refractivity contribution in [2.75, 3.05) is 11.5 Å². The van der Waals surface area contributed by atoms with Gasteiger partial charge in [-0.15, -0.1) is 0 Å². The minimum atomic E-state index is -0.790. The quantitative estimate of drug-likeness (QED) is 0.494. The van der Waals surface area contributed by atoms with Crippen molar-refractivity contribution >= 4 is 29.6 Å². The molecule has 0 bridgehead atoms. The Hall–Kier alpha value is -4.20. The van der Waals surface area contributed by atoms with Crippen molar-refractivity contribution in [3.05, 3.63) is 77.4 Å². The van der Waals surface area contributed by atoms with E-state index in [-0.39, 0.29) is 5.57 Å². The van der Waals surface area contributed by atoms with Crippen molar-refractivity contribution in [3.63, 3.8) is 0 Å². The highest BCUT2D eigenvalue weighted by Gasteiger charge is 2.37. The first-order valence-electron chi connectivity index (χ1n) is 10.1. The molecular weight excluding hydrogens is 408 g/mol. The Morgan fingerprint density at radius 3 is 2.47 bits per heavy atom. The van der Waals surface area contributed by atoms with Crippen LogP contribution in [0.15, 0.2) is 60.4 Å². The number of nitrogens with zero attached hydrogens (tertiary/aromatic N) is 3. The van der Waals surface area contributed by atoms with Crippen LogP contribution in [0.2, 0.25) is 0 Å². The summed E-state index contributed by atoms with van der Waals surface area (Å²) in [5.41, 5.74) is 3.56. The molecule has 3 heterocycles. The Balaban J connectivity index is 1.71. The Bertz CT molecular complexity index is 1230. The van der Waals surface area contributed by atoms with E-state index in [9.17, 15) is 14.4 Å². The summed E-state index contributed by atoms with van der Waals surface area (Å²) in [5.74, 6) is -0.793.